The zero-order valence-corrected chi connectivity index (χ0v) is 19.8. The SMILES string of the molecule is CCS(=O)(=O)N(C)c1c(Cl)ccc(C2=C(O)c3ncccc3C(C)(C)S2(=O)=O)c1Cl. The van der Waals surface area contributed by atoms with Crippen molar-refractivity contribution in [2.45, 2.75) is 25.5 Å². The number of halogens is 2. The van der Waals surface area contributed by atoms with Crippen molar-refractivity contribution in [1.82, 2.24) is 4.98 Å². The van der Waals surface area contributed by atoms with Crippen LogP contribution in [-0.4, -0.2) is 39.7 Å². The second-order valence-electron chi connectivity index (χ2n) is 7.22. The lowest BCUT2D eigenvalue weighted by Crippen LogP contribution is -2.35. The van der Waals surface area contributed by atoms with Crippen LogP contribution < -0.4 is 4.31 Å². The number of sulfonamides is 1. The Morgan fingerprint density at radius 3 is 2.43 bits per heavy atom. The molecule has 0 atom stereocenters. The summed E-state index contributed by atoms with van der Waals surface area (Å²) >= 11 is 12.7. The third-order valence-corrected chi connectivity index (χ3v) is 10.2. The molecule has 1 aromatic carbocycles. The van der Waals surface area contributed by atoms with Crippen LogP contribution in [0.5, 0.6) is 0 Å². The normalized spacial score (nSPS) is 17.5. The van der Waals surface area contributed by atoms with Gasteiger partial charge >= 0.3 is 0 Å². The minimum atomic E-state index is -4.14. The van der Waals surface area contributed by atoms with E-state index in [-0.39, 0.29) is 32.7 Å². The molecule has 7 nitrogen and oxygen atoms in total. The van der Waals surface area contributed by atoms with E-state index in [0.29, 0.717) is 5.56 Å². The van der Waals surface area contributed by atoms with E-state index in [9.17, 15) is 21.9 Å². The van der Waals surface area contributed by atoms with Crippen molar-refractivity contribution >= 4 is 59.4 Å². The molecule has 30 heavy (non-hydrogen) atoms. The average molecular weight is 491 g/mol. The van der Waals surface area contributed by atoms with Crippen LogP contribution in [0.4, 0.5) is 5.69 Å². The fourth-order valence-corrected chi connectivity index (χ4v) is 6.83. The Kier molecular flexibility index (Phi) is 5.64. The van der Waals surface area contributed by atoms with Gasteiger partial charge in [0.05, 0.1) is 26.2 Å². The van der Waals surface area contributed by atoms with Crippen LogP contribution in [0.25, 0.3) is 10.7 Å². The number of hydrogen-bond donors (Lipinski definition) is 1. The van der Waals surface area contributed by atoms with Crippen LogP contribution in [0, 0.1) is 0 Å². The molecule has 0 bridgehead atoms. The number of fused-ring (bicyclic) bond motifs is 1. The molecule has 3 rings (SSSR count). The summed E-state index contributed by atoms with van der Waals surface area (Å²) in [6.45, 7) is 4.48. The van der Waals surface area contributed by atoms with Gasteiger partial charge in [-0.05, 0) is 32.9 Å². The summed E-state index contributed by atoms with van der Waals surface area (Å²) in [6.07, 6.45) is 1.44. The fourth-order valence-electron chi connectivity index (χ4n) is 3.32. The first kappa shape index (κ1) is 22.9. The molecule has 0 saturated heterocycles. The van der Waals surface area contributed by atoms with E-state index in [2.05, 4.69) is 4.98 Å². The number of pyridine rings is 1. The molecule has 1 N–H and O–H groups in total. The van der Waals surface area contributed by atoms with Crippen LogP contribution >= 0.6 is 23.2 Å². The molecular weight excluding hydrogens is 471 g/mol. The third-order valence-electron chi connectivity index (χ3n) is 5.24. The number of benzene rings is 1. The number of hydrogen-bond acceptors (Lipinski definition) is 6. The molecule has 2 aromatic rings. The lowest BCUT2D eigenvalue weighted by Gasteiger charge is -2.33. The minimum Gasteiger partial charge on any atom is -0.504 e. The largest absolute Gasteiger partial charge is 0.504 e. The molecule has 2 heterocycles. The molecular formula is C19H20Cl2N2O5S2. The van der Waals surface area contributed by atoms with E-state index in [1.807, 2.05) is 0 Å². The van der Waals surface area contributed by atoms with Gasteiger partial charge in [-0.15, -0.1) is 0 Å². The summed E-state index contributed by atoms with van der Waals surface area (Å²) in [7, 11) is -6.60. The van der Waals surface area contributed by atoms with Gasteiger partial charge in [0.2, 0.25) is 10.0 Å². The van der Waals surface area contributed by atoms with Gasteiger partial charge < -0.3 is 5.11 Å². The molecule has 11 heteroatoms. The Hall–Kier alpha value is -1.81. The van der Waals surface area contributed by atoms with Crippen molar-refractivity contribution in [3.05, 3.63) is 57.3 Å². The van der Waals surface area contributed by atoms with Crippen molar-refractivity contribution in [2.75, 3.05) is 17.1 Å². The maximum atomic E-state index is 13.5. The third kappa shape index (κ3) is 3.19. The number of aliphatic hydroxyl groups excluding tert-OH is 1. The highest BCUT2D eigenvalue weighted by Crippen LogP contribution is 2.50. The second-order valence-corrected chi connectivity index (χ2v) is 12.7. The van der Waals surface area contributed by atoms with E-state index in [0.717, 1.165) is 4.31 Å². The molecule has 0 fully saturated rings. The highest BCUT2D eigenvalue weighted by atomic mass is 35.5. The van der Waals surface area contributed by atoms with Crippen molar-refractivity contribution in [1.29, 1.82) is 0 Å². The van der Waals surface area contributed by atoms with Gasteiger partial charge in [-0.2, -0.15) is 0 Å². The van der Waals surface area contributed by atoms with Crippen LogP contribution in [0.2, 0.25) is 10.0 Å². The molecule has 0 radical (unpaired) electrons. The zero-order valence-electron chi connectivity index (χ0n) is 16.6. The summed E-state index contributed by atoms with van der Waals surface area (Å²) in [5.74, 6) is -0.766. The number of rotatable bonds is 4. The summed E-state index contributed by atoms with van der Waals surface area (Å²) in [5, 5.41) is 10.7. The number of sulfone groups is 1. The van der Waals surface area contributed by atoms with Gasteiger partial charge in [0.15, 0.2) is 15.6 Å². The van der Waals surface area contributed by atoms with Gasteiger partial charge in [0, 0.05) is 24.4 Å². The smallest absolute Gasteiger partial charge is 0.234 e. The first-order valence-electron chi connectivity index (χ1n) is 8.87. The van der Waals surface area contributed by atoms with Gasteiger partial charge in [-0.25, -0.2) is 16.8 Å². The summed E-state index contributed by atoms with van der Waals surface area (Å²) in [5.41, 5.74) is 0.338. The van der Waals surface area contributed by atoms with Crippen LogP contribution in [0.1, 0.15) is 37.6 Å². The lowest BCUT2D eigenvalue weighted by atomic mass is 9.98. The number of aromatic nitrogens is 1. The van der Waals surface area contributed by atoms with Gasteiger partial charge in [-0.3, -0.25) is 9.29 Å². The Bertz CT molecular complexity index is 1290. The lowest BCUT2D eigenvalue weighted by molar-refractivity contribution is 0.501. The molecule has 0 amide bonds. The van der Waals surface area contributed by atoms with Crippen LogP contribution in [0.15, 0.2) is 30.5 Å². The van der Waals surface area contributed by atoms with Crippen molar-refractivity contribution < 1.29 is 21.9 Å². The number of anilines is 1. The molecule has 0 spiro atoms. The Labute approximate surface area is 185 Å². The van der Waals surface area contributed by atoms with Crippen LogP contribution in [0.3, 0.4) is 0 Å². The van der Waals surface area contributed by atoms with Gasteiger partial charge in [0.25, 0.3) is 0 Å². The van der Waals surface area contributed by atoms with E-state index in [1.54, 1.807) is 12.1 Å². The maximum Gasteiger partial charge on any atom is 0.234 e. The predicted octanol–water partition coefficient (Wildman–Crippen LogP) is 4.22. The Morgan fingerprint density at radius 2 is 1.83 bits per heavy atom. The Morgan fingerprint density at radius 1 is 1.20 bits per heavy atom. The highest BCUT2D eigenvalue weighted by molar-refractivity contribution is 8.01. The number of aliphatic hydroxyl groups is 1. The minimum absolute atomic E-state index is 0.0226. The Balaban J connectivity index is 2.40. The molecule has 1 aliphatic rings. The quantitative estimate of drug-likeness (QED) is 0.687. The van der Waals surface area contributed by atoms with Crippen LogP contribution in [-0.2, 0) is 24.6 Å². The molecule has 0 saturated carbocycles. The standard InChI is InChI=1S/C19H20Cl2N2O5S2/c1-5-29(25,26)23(4)16-13(20)9-8-11(14(16)21)18-17(24)15-12(7-6-10-22-15)19(2,3)30(18,27)28/h6-10,24H,5H2,1-4H3. The zero-order chi connectivity index (χ0) is 22.6. The van der Waals surface area contributed by atoms with E-state index in [1.165, 1.54) is 46.1 Å². The monoisotopic (exact) mass is 490 g/mol. The van der Waals surface area contributed by atoms with Crippen molar-refractivity contribution in [3.63, 3.8) is 0 Å². The summed E-state index contributed by atoms with van der Waals surface area (Å²) < 4.78 is 51.3. The molecule has 1 aliphatic heterocycles. The van der Waals surface area contributed by atoms with E-state index >= 15 is 0 Å². The van der Waals surface area contributed by atoms with E-state index < -0.39 is 35.3 Å². The van der Waals surface area contributed by atoms with Crippen molar-refractivity contribution in [2.24, 2.45) is 0 Å². The van der Waals surface area contributed by atoms with Gasteiger partial charge in [0.1, 0.15) is 10.6 Å². The first-order chi connectivity index (χ1) is 13.8. The number of nitrogens with zero attached hydrogens (tertiary/aromatic N) is 2. The molecule has 0 unspecified atom stereocenters. The topological polar surface area (TPSA) is 105 Å². The van der Waals surface area contributed by atoms with Gasteiger partial charge in [-0.1, -0.05) is 35.3 Å². The predicted molar refractivity (Wildman–Crippen MR) is 120 cm³/mol. The summed E-state index contributed by atoms with van der Waals surface area (Å²) in [6, 6.07) is 5.86. The fraction of sp³-hybridized carbons (Fsp3) is 0.316. The van der Waals surface area contributed by atoms with Crippen molar-refractivity contribution in [3.8, 4) is 0 Å². The maximum absolute atomic E-state index is 13.5. The highest BCUT2D eigenvalue weighted by Gasteiger charge is 2.48. The molecule has 0 aliphatic carbocycles. The second kappa shape index (κ2) is 7.40. The first-order valence-corrected chi connectivity index (χ1v) is 12.7. The molecule has 1 aromatic heterocycles. The molecule has 162 valence electrons. The summed E-state index contributed by atoms with van der Waals surface area (Å²) in [4.78, 5) is 3.72. The average Bonchev–Trinajstić information content (AvgIpc) is 2.68. The van der Waals surface area contributed by atoms with E-state index in [4.69, 9.17) is 23.2 Å².